The second-order valence-corrected chi connectivity index (χ2v) is 7.96. The Kier molecular flexibility index (Phi) is 5.25. The van der Waals surface area contributed by atoms with Crippen LogP contribution in [0.3, 0.4) is 0 Å². The van der Waals surface area contributed by atoms with Crippen molar-refractivity contribution in [3.8, 4) is 0 Å². The summed E-state index contributed by atoms with van der Waals surface area (Å²) in [7, 11) is -1.31. The van der Waals surface area contributed by atoms with Gasteiger partial charge >= 0.3 is 6.18 Å². The Labute approximate surface area is 103 Å². The van der Waals surface area contributed by atoms with Crippen LogP contribution in [0.5, 0.6) is 0 Å². The smallest absolute Gasteiger partial charge is 0.378 e. The molecule has 1 nitrogen and oxygen atoms in total. The Bertz CT molecular complexity index is 247. The van der Waals surface area contributed by atoms with Crippen LogP contribution in [0.2, 0.25) is 6.55 Å². The molecule has 0 N–H and O–H groups in total. The molecule has 0 aromatic carbocycles. The van der Waals surface area contributed by atoms with Crippen LogP contribution in [0, 0.1) is 0 Å². The molecule has 1 fully saturated rings. The van der Waals surface area contributed by atoms with Crippen LogP contribution >= 0.6 is 0 Å². The zero-order chi connectivity index (χ0) is 12.9. The Morgan fingerprint density at radius 1 is 1.41 bits per heavy atom. The van der Waals surface area contributed by atoms with Gasteiger partial charge in [0.1, 0.15) is 0 Å². The zero-order valence-corrected chi connectivity index (χ0v) is 11.5. The van der Waals surface area contributed by atoms with E-state index in [1.807, 2.05) is 5.70 Å². The van der Waals surface area contributed by atoms with Crippen LogP contribution in [0.1, 0.15) is 38.5 Å². The van der Waals surface area contributed by atoms with Gasteiger partial charge in [-0.1, -0.05) is 6.55 Å². The maximum atomic E-state index is 12.2. The quantitative estimate of drug-likeness (QED) is 0.688. The molecule has 2 unspecified atom stereocenters. The predicted molar refractivity (Wildman–Crippen MR) is 65.7 cm³/mol. The van der Waals surface area contributed by atoms with Crippen molar-refractivity contribution in [2.75, 3.05) is 6.61 Å². The minimum absolute atomic E-state index is 0.175. The van der Waals surface area contributed by atoms with E-state index in [9.17, 15) is 13.2 Å². The summed E-state index contributed by atoms with van der Waals surface area (Å²) in [6, 6.07) is 0. The molecule has 1 rings (SSSR count). The fourth-order valence-corrected chi connectivity index (χ4v) is 4.59. The zero-order valence-electron chi connectivity index (χ0n) is 10.4. The molecule has 0 saturated carbocycles. The molecule has 17 heavy (non-hydrogen) atoms. The number of ether oxygens (including phenoxy) is 1. The molecule has 1 aliphatic rings. The van der Waals surface area contributed by atoms with Crippen molar-refractivity contribution in [2.45, 2.75) is 56.5 Å². The van der Waals surface area contributed by atoms with Crippen molar-refractivity contribution < 1.29 is 17.9 Å². The van der Waals surface area contributed by atoms with Crippen LogP contribution < -0.4 is 0 Å². The number of rotatable bonds is 5. The van der Waals surface area contributed by atoms with Crippen molar-refractivity contribution in [3.63, 3.8) is 0 Å². The third-order valence-electron chi connectivity index (χ3n) is 3.63. The first-order valence-corrected chi connectivity index (χ1v) is 8.63. The summed E-state index contributed by atoms with van der Waals surface area (Å²) in [6.07, 6.45) is -1.04. The van der Waals surface area contributed by atoms with E-state index in [2.05, 4.69) is 13.1 Å². The van der Waals surface area contributed by atoms with Crippen molar-refractivity contribution in [1.82, 2.24) is 0 Å². The van der Waals surface area contributed by atoms with Gasteiger partial charge in [-0.25, -0.2) is 0 Å². The van der Waals surface area contributed by atoms with Crippen molar-refractivity contribution in [2.24, 2.45) is 0 Å². The van der Waals surface area contributed by atoms with E-state index in [0.717, 1.165) is 19.3 Å². The maximum Gasteiger partial charge on any atom is 0.389 e. The molecular formula is C12H21F3OSi. The molecule has 5 heteroatoms. The minimum Gasteiger partial charge on any atom is -0.378 e. The van der Waals surface area contributed by atoms with E-state index in [1.54, 1.807) is 0 Å². The Balaban J connectivity index is 2.55. The molecule has 0 bridgehead atoms. The Hall–Kier alpha value is -0.293. The van der Waals surface area contributed by atoms with E-state index in [0.29, 0.717) is 13.0 Å². The highest BCUT2D eigenvalue weighted by Crippen LogP contribution is 2.34. The second-order valence-electron chi connectivity index (χ2n) is 4.86. The van der Waals surface area contributed by atoms with Gasteiger partial charge in [0, 0.05) is 13.0 Å². The summed E-state index contributed by atoms with van der Waals surface area (Å²) in [5.41, 5.74) is 1.93. The molecule has 0 aromatic heterocycles. The first-order chi connectivity index (χ1) is 7.90. The number of hydrogen-bond donors (Lipinski definition) is 0. The lowest BCUT2D eigenvalue weighted by atomic mass is 10.0. The number of hydrogen-bond acceptors (Lipinski definition) is 1. The summed E-state index contributed by atoms with van der Waals surface area (Å²) in [6.45, 7) is 6.61. The van der Waals surface area contributed by atoms with Gasteiger partial charge < -0.3 is 4.74 Å². The first kappa shape index (κ1) is 14.8. The molecule has 2 atom stereocenters. The summed E-state index contributed by atoms with van der Waals surface area (Å²) >= 11 is 0. The molecule has 0 aromatic rings. The minimum atomic E-state index is -4.05. The van der Waals surface area contributed by atoms with Crippen molar-refractivity contribution in [3.05, 3.63) is 12.3 Å². The van der Waals surface area contributed by atoms with Crippen LogP contribution in [0.4, 0.5) is 13.2 Å². The van der Waals surface area contributed by atoms with Gasteiger partial charge in [0.05, 0.1) is 14.0 Å². The molecule has 0 spiro atoms. The normalized spacial score (nSPS) is 27.8. The number of alkyl halides is 3. The van der Waals surface area contributed by atoms with E-state index in [4.69, 9.17) is 4.74 Å². The molecule has 0 amide bonds. The van der Waals surface area contributed by atoms with Gasteiger partial charge in [-0.15, -0.1) is 12.3 Å². The van der Waals surface area contributed by atoms with Gasteiger partial charge in [0.25, 0.3) is 0 Å². The summed E-state index contributed by atoms with van der Waals surface area (Å²) in [5, 5.41) is -0.273. The van der Waals surface area contributed by atoms with Crippen LogP contribution in [-0.2, 0) is 4.74 Å². The molecule has 1 saturated heterocycles. The average Bonchev–Trinajstić information content (AvgIpc) is 2.27. The second kappa shape index (κ2) is 6.04. The summed E-state index contributed by atoms with van der Waals surface area (Å²) in [4.78, 5) is 0. The fourth-order valence-electron chi connectivity index (χ4n) is 2.46. The largest absolute Gasteiger partial charge is 0.389 e. The monoisotopic (exact) mass is 266 g/mol. The number of halogens is 3. The van der Waals surface area contributed by atoms with E-state index < -0.39 is 21.4 Å². The van der Waals surface area contributed by atoms with Gasteiger partial charge in [0.15, 0.2) is 0 Å². The van der Waals surface area contributed by atoms with Crippen LogP contribution in [-0.4, -0.2) is 26.8 Å². The molecule has 1 aliphatic heterocycles. The lowest BCUT2D eigenvalue weighted by molar-refractivity contribution is -0.138. The highest BCUT2D eigenvalue weighted by molar-refractivity contribution is 6.65. The summed E-state index contributed by atoms with van der Waals surface area (Å²) in [5.74, 6) is 0. The third-order valence-corrected chi connectivity index (χ3v) is 6.74. The van der Waals surface area contributed by atoms with Gasteiger partial charge in [-0.2, -0.15) is 13.2 Å². The lowest BCUT2D eigenvalue weighted by Crippen LogP contribution is -2.48. The van der Waals surface area contributed by atoms with Gasteiger partial charge in [-0.05, 0) is 32.1 Å². The van der Waals surface area contributed by atoms with E-state index >= 15 is 0 Å². The molecular weight excluding hydrogens is 245 g/mol. The molecule has 1 heterocycles. The van der Waals surface area contributed by atoms with Crippen molar-refractivity contribution in [1.29, 1.82) is 0 Å². The van der Waals surface area contributed by atoms with Crippen LogP contribution in [0.25, 0.3) is 0 Å². The molecule has 0 radical (unpaired) electrons. The Morgan fingerprint density at radius 3 is 2.59 bits per heavy atom. The van der Waals surface area contributed by atoms with E-state index in [1.165, 1.54) is 0 Å². The lowest BCUT2D eigenvalue weighted by Gasteiger charge is -2.41. The highest BCUT2D eigenvalue weighted by atomic mass is 28.3. The van der Waals surface area contributed by atoms with Crippen molar-refractivity contribution >= 4 is 8.80 Å². The Morgan fingerprint density at radius 2 is 2.12 bits per heavy atom. The standard InChI is InChI=1S/C12H21F3OSi/c1-3-17(2)11(7-4-5-10-16-11)8-6-9-12(13,14)15/h3,17H,1,4-10H2,2H3. The fraction of sp³-hybridized carbons (Fsp3) is 0.833. The molecule has 0 aliphatic carbocycles. The van der Waals surface area contributed by atoms with Gasteiger partial charge in [-0.3, -0.25) is 0 Å². The SMILES string of the molecule is C=C[SiH](C)C1(CCCC(F)(F)F)CCCCO1. The molecule has 100 valence electrons. The predicted octanol–water partition coefficient (Wildman–Crippen LogP) is 3.78. The van der Waals surface area contributed by atoms with Gasteiger partial charge in [0.2, 0.25) is 0 Å². The van der Waals surface area contributed by atoms with Crippen LogP contribution in [0.15, 0.2) is 12.3 Å². The third kappa shape index (κ3) is 4.47. The highest BCUT2D eigenvalue weighted by Gasteiger charge is 2.39. The van der Waals surface area contributed by atoms with E-state index in [-0.39, 0.29) is 11.6 Å². The maximum absolute atomic E-state index is 12.2. The summed E-state index contributed by atoms with van der Waals surface area (Å²) < 4.78 is 42.4. The first-order valence-electron chi connectivity index (χ1n) is 6.23. The topological polar surface area (TPSA) is 9.23 Å². The average molecular weight is 266 g/mol.